The summed E-state index contributed by atoms with van der Waals surface area (Å²) in [6.45, 7) is 6.26. The van der Waals surface area contributed by atoms with E-state index in [1.807, 2.05) is 0 Å². The van der Waals surface area contributed by atoms with Crippen molar-refractivity contribution in [3.8, 4) is 0 Å². The van der Waals surface area contributed by atoms with E-state index in [0.717, 1.165) is 25.2 Å². The molecule has 1 aliphatic rings. The Balaban J connectivity index is 2.05. The predicted octanol–water partition coefficient (Wildman–Crippen LogP) is 2.44. The van der Waals surface area contributed by atoms with Crippen molar-refractivity contribution in [3.63, 3.8) is 0 Å². The number of hydrogen-bond acceptors (Lipinski definition) is 2. The highest BCUT2D eigenvalue weighted by Gasteiger charge is 2.25. The van der Waals surface area contributed by atoms with Gasteiger partial charge in [-0.05, 0) is 38.1 Å². The minimum atomic E-state index is 0.665. The zero-order valence-corrected chi connectivity index (χ0v) is 9.88. The average molecular weight is 199 g/mol. The Morgan fingerprint density at radius 2 is 2.14 bits per heavy atom. The Hall–Kier alpha value is -0.0800. The molecule has 0 aromatic heterocycles. The first kappa shape index (κ1) is 12.0. The number of nitrogens with one attached hydrogen (secondary N) is 1. The van der Waals surface area contributed by atoms with E-state index < -0.39 is 0 Å². The Labute approximate surface area is 88.4 Å². The molecule has 1 fully saturated rings. The van der Waals surface area contributed by atoms with Gasteiger partial charge in [0.05, 0.1) is 0 Å². The molecule has 0 spiro atoms. The lowest BCUT2D eigenvalue weighted by Crippen LogP contribution is -2.29. The molecule has 0 aliphatic heterocycles. The van der Waals surface area contributed by atoms with Gasteiger partial charge in [0.1, 0.15) is 0 Å². The zero-order valence-electron chi connectivity index (χ0n) is 9.88. The molecule has 2 unspecified atom stereocenters. The van der Waals surface area contributed by atoms with Crippen molar-refractivity contribution in [1.82, 2.24) is 5.32 Å². The number of rotatable bonds is 6. The van der Waals surface area contributed by atoms with Crippen LogP contribution in [0.25, 0.3) is 0 Å². The van der Waals surface area contributed by atoms with E-state index in [0.29, 0.717) is 5.92 Å². The van der Waals surface area contributed by atoms with Gasteiger partial charge in [0.15, 0.2) is 0 Å². The van der Waals surface area contributed by atoms with Gasteiger partial charge in [-0.1, -0.05) is 20.3 Å². The first-order valence-electron chi connectivity index (χ1n) is 5.99. The quantitative estimate of drug-likeness (QED) is 0.663. The van der Waals surface area contributed by atoms with Crippen molar-refractivity contribution in [1.29, 1.82) is 0 Å². The van der Waals surface area contributed by atoms with E-state index in [2.05, 4.69) is 26.2 Å². The number of hydrogen-bond donors (Lipinski definition) is 1. The molecule has 84 valence electrons. The van der Waals surface area contributed by atoms with Crippen LogP contribution in [0, 0.1) is 11.8 Å². The molecule has 0 aromatic carbocycles. The van der Waals surface area contributed by atoms with Crippen LogP contribution in [-0.4, -0.2) is 26.3 Å². The lowest BCUT2D eigenvalue weighted by Gasteiger charge is -2.18. The summed E-state index contributed by atoms with van der Waals surface area (Å²) in [4.78, 5) is 0. The van der Waals surface area contributed by atoms with Gasteiger partial charge in [0.25, 0.3) is 0 Å². The fourth-order valence-electron chi connectivity index (χ4n) is 2.32. The van der Waals surface area contributed by atoms with Crippen LogP contribution >= 0.6 is 0 Å². The SMILES string of the molecule is CNC1CCCC1CCOCC(C)C. The van der Waals surface area contributed by atoms with E-state index in [1.54, 1.807) is 0 Å². The first-order chi connectivity index (χ1) is 6.74. The summed E-state index contributed by atoms with van der Waals surface area (Å²) in [5, 5.41) is 3.41. The van der Waals surface area contributed by atoms with Crippen LogP contribution in [0.15, 0.2) is 0 Å². The average Bonchev–Trinajstić information content (AvgIpc) is 2.59. The third-order valence-corrected chi connectivity index (χ3v) is 3.11. The summed E-state index contributed by atoms with van der Waals surface area (Å²) >= 11 is 0. The van der Waals surface area contributed by atoms with Gasteiger partial charge in [-0.2, -0.15) is 0 Å². The van der Waals surface area contributed by atoms with Crippen LogP contribution in [0.1, 0.15) is 39.5 Å². The van der Waals surface area contributed by atoms with Crippen LogP contribution in [0.2, 0.25) is 0 Å². The van der Waals surface area contributed by atoms with E-state index in [4.69, 9.17) is 4.74 Å². The number of ether oxygens (including phenoxy) is 1. The second kappa shape index (κ2) is 6.41. The third kappa shape index (κ3) is 3.97. The molecule has 14 heavy (non-hydrogen) atoms. The maximum atomic E-state index is 5.62. The van der Waals surface area contributed by atoms with Crippen molar-refractivity contribution in [2.24, 2.45) is 11.8 Å². The highest BCUT2D eigenvalue weighted by molar-refractivity contribution is 4.81. The Bertz CT molecular complexity index is 147. The van der Waals surface area contributed by atoms with Gasteiger partial charge in [-0.3, -0.25) is 0 Å². The largest absolute Gasteiger partial charge is 0.381 e. The molecule has 0 amide bonds. The smallest absolute Gasteiger partial charge is 0.0488 e. The van der Waals surface area contributed by atoms with Crippen molar-refractivity contribution in [2.45, 2.75) is 45.6 Å². The highest BCUT2D eigenvalue weighted by atomic mass is 16.5. The summed E-state index contributed by atoms with van der Waals surface area (Å²) < 4.78 is 5.62. The highest BCUT2D eigenvalue weighted by Crippen LogP contribution is 2.27. The molecule has 2 heteroatoms. The van der Waals surface area contributed by atoms with Crippen molar-refractivity contribution in [3.05, 3.63) is 0 Å². The minimum Gasteiger partial charge on any atom is -0.381 e. The summed E-state index contributed by atoms with van der Waals surface area (Å²) in [7, 11) is 2.08. The van der Waals surface area contributed by atoms with E-state index in [9.17, 15) is 0 Å². The first-order valence-corrected chi connectivity index (χ1v) is 5.99. The van der Waals surface area contributed by atoms with E-state index >= 15 is 0 Å². The molecule has 0 heterocycles. The molecular formula is C12H25NO. The standard InChI is InChI=1S/C12H25NO/c1-10(2)9-14-8-7-11-5-4-6-12(11)13-3/h10-13H,4-9H2,1-3H3. The van der Waals surface area contributed by atoms with Crippen molar-refractivity contribution in [2.75, 3.05) is 20.3 Å². The molecule has 0 aromatic rings. The van der Waals surface area contributed by atoms with E-state index in [-0.39, 0.29) is 0 Å². The molecule has 1 rings (SSSR count). The molecule has 0 radical (unpaired) electrons. The normalized spacial score (nSPS) is 27.4. The van der Waals surface area contributed by atoms with Crippen LogP contribution in [0.5, 0.6) is 0 Å². The Morgan fingerprint density at radius 3 is 2.79 bits per heavy atom. The second-order valence-electron chi connectivity index (χ2n) is 4.84. The maximum absolute atomic E-state index is 5.62. The van der Waals surface area contributed by atoms with Gasteiger partial charge < -0.3 is 10.1 Å². The van der Waals surface area contributed by atoms with Gasteiger partial charge in [0, 0.05) is 19.3 Å². The molecule has 0 saturated heterocycles. The summed E-state index contributed by atoms with van der Waals surface area (Å²) in [6.07, 6.45) is 5.36. The van der Waals surface area contributed by atoms with Crippen LogP contribution in [-0.2, 0) is 4.74 Å². The molecule has 1 saturated carbocycles. The van der Waals surface area contributed by atoms with E-state index in [1.165, 1.54) is 25.7 Å². The van der Waals surface area contributed by atoms with Crippen LogP contribution < -0.4 is 5.32 Å². The summed E-state index contributed by atoms with van der Waals surface area (Å²) in [6, 6.07) is 0.748. The predicted molar refractivity (Wildman–Crippen MR) is 60.5 cm³/mol. The molecule has 2 atom stereocenters. The summed E-state index contributed by atoms with van der Waals surface area (Å²) in [5.74, 6) is 1.52. The van der Waals surface area contributed by atoms with Crippen LogP contribution in [0.3, 0.4) is 0 Å². The topological polar surface area (TPSA) is 21.3 Å². The fraction of sp³-hybridized carbons (Fsp3) is 1.00. The molecule has 2 nitrogen and oxygen atoms in total. The van der Waals surface area contributed by atoms with Gasteiger partial charge in [-0.15, -0.1) is 0 Å². The van der Waals surface area contributed by atoms with Crippen molar-refractivity contribution >= 4 is 0 Å². The third-order valence-electron chi connectivity index (χ3n) is 3.11. The summed E-state index contributed by atoms with van der Waals surface area (Å²) in [5.41, 5.74) is 0. The minimum absolute atomic E-state index is 0.665. The van der Waals surface area contributed by atoms with Gasteiger partial charge in [0.2, 0.25) is 0 Å². The second-order valence-corrected chi connectivity index (χ2v) is 4.84. The van der Waals surface area contributed by atoms with Crippen LogP contribution in [0.4, 0.5) is 0 Å². The van der Waals surface area contributed by atoms with Crippen molar-refractivity contribution < 1.29 is 4.74 Å². The maximum Gasteiger partial charge on any atom is 0.0488 e. The molecule has 1 aliphatic carbocycles. The zero-order chi connectivity index (χ0) is 10.4. The lowest BCUT2D eigenvalue weighted by molar-refractivity contribution is 0.0957. The molecule has 0 bridgehead atoms. The lowest BCUT2D eigenvalue weighted by atomic mass is 10.0. The van der Waals surface area contributed by atoms with Gasteiger partial charge >= 0.3 is 0 Å². The molecular weight excluding hydrogens is 174 g/mol. The Morgan fingerprint density at radius 1 is 1.36 bits per heavy atom. The molecule has 1 N–H and O–H groups in total. The monoisotopic (exact) mass is 199 g/mol. The fourth-order valence-corrected chi connectivity index (χ4v) is 2.32. The van der Waals surface area contributed by atoms with Gasteiger partial charge in [-0.25, -0.2) is 0 Å². The Kier molecular flexibility index (Phi) is 5.49.